The standard InChI is InChI=1S/C12H12.C9H17NO2.ClH/c1-2-10-7-5-8-11-6-3-4-9-12(10)11;1-2-8(9(11)12)10-6-4-3-5-7-10;/h3-9H,2H2,1H3;8H,2-7H2,1H3,(H,11,12);1H. The highest BCUT2D eigenvalue weighted by Crippen LogP contribution is 2.18. The van der Waals surface area contributed by atoms with Crippen LogP contribution in [0.4, 0.5) is 0 Å². The highest BCUT2D eigenvalue weighted by Gasteiger charge is 2.24. The number of carbonyl (C=O) groups is 1. The number of fused-ring (bicyclic) bond motifs is 1. The average Bonchev–Trinajstić information content (AvgIpc) is 2.63. The molecule has 0 radical (unpaired) electrons. The van der Waals surface area contributed by atoms with Crippen LogP contribution in [0.3, 0.4) is 0 Å². The van der Waals surface area contributed by atoms with Gasteiger partial charge in [0, 0.05) is 0 Å². The van der Waals surface area contributed by atoms with Gasteiger partial charge < -0.3 is 5.11 Å². The minimum atomic E-state index is -0.667. The summed E-state index contributed by atoms with van der Waals surface area (Å²) in [5, 5.41) is 11.6. The van der Waals surface area contributed by atoms with E-state index in [2.05, 4.69) is 54.3 Å². The number of halogens is 1. The molecule has 0 saturated carbocycles. The molecule has 4 heteroatoms. The van der Waals surface area contributed by atoms with Crippen LogP contribution in [-0.2, 0) is 11.2 Å². The third kappa shape index (κ3) is 6.02. The summed E-state index contributed by atoms with van der Waals surface area (Å²) >= 11 is 0. The maximum absolute atomic E-state index is 10.8. The van der Waals surface area contributed by atoms with Gasteiger partial charge in [0.2, 0.25) is 0 Å². The fourth-order valence-corrected chi connectivity index (χ4v) is 3.42. The van der Waals surface area contributed by atoms with Crippen LogP contribution >= 0.6 is 12.4 Å². The molecular formula is C21H30ClNO2. The Morgan fingerprint density at radius 2 is 1.68 bits per heavy atom. The highest BCUT2D eigenvalue weighted by molar-refractivity contribution is 5.85. The summed E-state index contributed by atoms with van der Waals surface area (Å²) in [6.07, 6.45) is 5.40. The number of aryl methyl sites for hydroxylation is 1. The van der Waals surface area contributed by atoms with Crippen molar-refractivity contribution in [3.8, 4) is 0 Å². The number of hydrogen-bond donors (Lipinski definition) is 1. The fraction of sp³-hybridized carbons (Fsp3) is 0.476. The van der Waals surface area contributed by atoms with E-state index in [1.165, 1.54) is 22.8 Å². The lowest BCUT2D eigenvalue weighted by atomic mass is 10.0. The van der Waals surface area contributed by atoms with Crippen molar-refractivity contribution in [2.45, 2.75) is 52.0 Å². The quantitative estimate of drug-likeness (QED) is 0.815. The SMILES string of the molecule is CCC(C(=O)O)N1CCCCC1.CCc1cccc2ccccc12.Cl. The van der Waals surface area contributed by atoms with Crippen molar-refractivity contribution in [2.24, 2.45) is 0 Å². The monoisotopic (exact) mass is 363 g/mol. The van der Waals surface area contributed by atoms with Gasteiger partial charge in [-0.1, -0.05) is 62.7 Å². The number of rotatable bonds is 4. The molecule has 25 heavy (non-hydrogen) atoms. The Balaban J connectivity index is 0.000000240. The molecule has 1 fully saturated rings. The first-order chi connectivity index (χ1) is 11.7. The number of carboxylic acids is 1. The van der Waals surface area contributed by atoms with Crippen molar-refractivity contribution in [1.29, 1.82) is 0 Å². The third-order valence-corrected chi connectivity index (χ3v) is 4.76. The minimum absolute atomic E-state index is 0. The highest BCUT2D eigenvalue weighted by atomic mass is 35.5. The van der Waals surface area contributed by atoms with E-state index in [1.54, 1.807) is 0 Å². The molecule has 1 N–H and O–H groups in total. The van der Waals surface area contributed by atoms with Gasteiger partial charge in [-0.05, 0) is 55.1 Å². The second kappa shape index (κ2) is 11.1. The Labute approximate surface area is 157 Å². The van der Waals surface area contributed by atoms with Crippen molar-refractivity contribution in [2.75, 3.05) is 13.1 Å². The number of likely N-dealkylation sites (tertiary alicyclic amines) is 1. The first kappa shape index (κ1) is 21.5. The van der Waals surface area contributed by atoms with Gasteiger partial charge in [0.25, 0.3) is 0 Å². The van der Waals surface area contributed by atoms with E-state index < -0.39 is 5.97 Å². The topological polar surface area (TPSA) is 40.5 Å². The van der Waals surface area contributed by atoms with Gasteiger partial charge in [0.05, 0.1) is 0 Å². The smallest absolute Gasteiger partial charge is 0.320 e. The second-order valence-electron chi connectivity index (χ2n) is 6.35. The Morgan fingerprint density at radius 1 is 1.04 bits per heavy atom. The maximum Gasteiger partial charge on any atom is 0.320 e. The van der Waals surface area contributed by atoms with Gasteiger partial charge in [-0.2, -0.15) is 0 Å². The van der Waals surface area contributed by atoms with Crippen LogP contribution in [0.25, 0.3) is 10.8 Å². The first-order valence-corrected chi connectivity index (χ1v) is 9.10. The summed E-state index contributed by atoms with van der Waals surface area (Å²) < 4.78 is 0. The summed E-state index contributed by atoms with van der Waals surface area (Å²) in [5.41, 5.74) is 1.44. The summed E-state index contributed by atoms with van der Waals surface area (Å²) in [4.78, 5) is 12.9. The van der Waals surface area contributed by atoms with E-state index >= 15 is 0 Å². The van der Waals surface area contributed by atoms with Crippen LogP contribution in [0, 0.1) is 0 Å². The first-order valence-electron chi connectivity index (χ1n) is 9.10. The average molecular weight is 364 g/mol. The summed E-state index contributed by atoms with van der Waals surface area (Å²) in [7, 11) is 0. The summed E-state index contributed by atoms with van der Waals surface area (Å²) in [5.74, 6) is -0.667. The molecule has 3 rings (SSSR count). The normalized spacial score (nSPS) is 15.6. The summed E-state index contributed by atoms with van der Waals surface area (Å²) in [6.45, 7) is 6.06. The van der Waals surface area contributed by atoms with Crippen molar-refractivity contribution in [3.63, 3.8) is 0 Å². The predicted octanol–water partition coefficient (Wildman–Crippen LogP) is 5.16. The van der Waals surface area contributed by atoms with E-state index in [1.807, 2.05) is 6.92 Å². The molecule has 2 aromatic carbocycles. The molecule has 1 aliphatic rings. The Bertz CT molecular complexity index is 648. The van der Waals surface area contributed by atoms with E-state index in [-0.39, 0.29) is 18.4 Å². The van der Waals surface area contributed by atoms with Crippen molar-refractivity contribution in [3.05, 3.63) is 48.0 Å². The molecule has 0 bridgehead atoms. The number of nitrogens with zero attached hydrogens (tertiary/aromatic N) is 1. The molecule has 1 unspecified atom stereocenters. The van der Waals surface area contributed by atoms with Crippen LogP contribution < -0.4 is 0 Å². The second-order valence-corrected chi connectivity index (χ2v) is 6.35. The molecular weight excluding hydrogens is 334 g/mol. The number of benzene rings is 2. The summed E-state index contributed by atoms with van der Waals surface area (Å²) in [6, 6.07) is 14.8. The number of hydrogen-bond acceptors (Lipinski definition) is 2. The van der Waals surface area contributed by atoms with Crippen LogP contribution in [0.15, 0.2) is 42.5 Å². The predicted molar refractivity (Wildman–Crippen MR) is 108 cm³/mol. The Hall–Kier alpha value is -1.58. The lowest BCUT2D eigenvalue weighted by molar-refractivity contribution is -0.143. The number of carboxylic acid groups (broad SMARTS) is 1. The zero-order valence-electron chi connectivity index (χ0n) is 15.3. The molecule has 0 aromatic heterocycles. The molecule has 1 aliphatic heterocycles. The van der Waals surface area contributed by atoms with Gasteiger partial charge in [-0.15, -0.1) is 12.4 Å². The molecule has 2 aromatic rings. The molecule has 0 aliphatic carbocycles. The third-order valence-electron chi connectivity index (χ3n) is 4.76. The van der Waals surface area contributed by atoms with E-state index in [4.69, 9.17) is 5.11 Å². The number of piperidine rings is 1. The van der Waals surface area contributed by atoms with E-state index in [0.29, 0.717) is 0 Å². The Morgan fingerprint density at radius 3 is 2.28 bits per heavy atom. The molecule has 0 spiro atoms. The molecule has 0 amide bonds. The van der Waals surface area contributed by atoms with Crippen molar-refractivity contribution in [1.82, 2.24) is 4.90 Å². The largest absolute Gasteiger partial charge is 0.480 e. The Kier molecular flexibility index (Phi) is 9.54. The van der Waals surface area contributed by atoms with Crippen LogP contribution in [0.5, 0.6) is 0 Å². The van der Waals surface area contributed by atoms with Gasteiger partial charge in [0.1, 0.15) is 6.04 Å². The van der Waals surface area contributed by atoms with E-state index in [9.17, 15) is 4.79 Å². The molecule has 1 heterocycles. The van der Waals surface area contributed by atoms with Gasteiger partial charge in [0.15, 0.2) is 0 Å². The molecule has 1 atom stereocenters. The zero-order valence-corrected chi connectivity index (χ0v) is 16.1. The minimum Gasteiger partial charge on any atom is -0.480 e. The van der Waals surface area contributed by atoms with Crippen molar-refractivity contribution < 1.29 is 9.90 Å². The maximum atomic E-state index is 10.8. The van der Waals surface area contributed by atoms with Gasteiger partial charge in [-0.3, -0.25) is 9.69 Å². The lowest BCUT2D eigenvalue weighted by Gasteiger charge is -2.31. The lowest BCUT2D eigenvalue weighted by Crippen LogP contribution is -2.43. The zero-order chi connectivity index (χ0) is 17.4. The van der Waals surface area contributed by atoms with Crippen LogP contribution in [0.1, 0.15) is 45.1 Å². The van der Waals surface area contributed by atoms with Crippen LogP contribution in [0.2, 0.25) is 0 Å². The molecule has 138 valence electrons. The van der Waals surface area contributed by atoms with Gasteiger partial charge >= 0.3 is 5.97 Å². The van der Waals surface area contributed by atoms with Crippen molar-refractivity contribution >= 4 is 29.1 Å². The number of aliphatic carboxylic acids is 1. The van der Waals surface area contributed by atoms with Gasteiger partial charge in [-0.25, -0.2) is 0 Å². The van der Waals surface area contributed by atoms with E-state index in [0.717, 1.165) is 38.8 Å². The molecule has 3 nitrogen and oxygen atoms in total. The fourth-order valence-electron chi connectivity index (χ4n) is 3.42. The van der Waals surface area contributed by atoms with Crippen LogP contribution in [-0.4, -0.2) is 35.1 Å². The molecule has 1 saturated heterocycles.